The van der Waals surface area contributed by atoms with Crippen molar-refractivity contribution in [2.75, 3.05) is 13.1 Å². The number of carbonyl (C=O) groups excluding carboxylic acids is 2. The van der Waals surface area contributed by atoms with Gasteiger partial charge in [-0.05, 0) is 75.2 Å². The van der Waals surface area contributed by atoms with Crippen LogP contribution in [0.5, 0.6) is 0 Å². The smallest absolute Gasteiger partial charge is 0.343 e. The Morgan fingerprint density at radius 1 is 0.917 bits per heavy atom. The molecule has 0 spiro atoms. The molecule has 0 aliphatic carbocycles. The molecule has 0 saturated carbocycles. The summed E-state index contributed by atoms with van der Waals surface area (Å²) >= 11 is 11.8. The van der Waals surface area contributed by atoms with E-state index < -0.39 is 18.1 Å². The van der Waals surface area contributed by atoms with E-state index in [1.54, 1.807) is 55.5 Å². The monoisotopic (exact) mass is 529 g/mol. The van der Waals surface area contributed by atoms with Crippen LogP contribution in [0, 0.1) is 0 Å². The second kappa shape index (κ2) is 11.8. The molecule has 3 atom stereocenters. The standard InChI is InChI=1S/C26H26Cl2N4O4/c1-15(21-25(33)35-23(31-21)17-5-9-19(27)10-6-17)29-13-3-4-14-30-16(2)22-26(34)36-24(32-22)18-7-11-20(28)12-8-18/h5-12,15,21-22,29H,3-4,13-14H2,1-2H3/p+1/t15-,21-,22?/m1/s1. The van der Waals surface area contributed by atoms with E-state index in [0.29, 0.717) is 33.8 Å². The minimum absolute atomic E-state index is 0.0542. The lowest BCUT2D eigenvalue weighted by molar-refractivity contribution is -0.686. The van der Waals surface area contributed by atoms with Gasteiger partial charge in [-0.25, -0.2) is 19.6 Å². The summed E-state index contributed by atoms with van der Waals surface area (Å²) in [6, 6.07) is 12.7. The van der Waals surface area contributed by atoms with Crippen molar-refractivity contribution in [2.45, 2.75) is 44.8 Å². The highest BCUT2D eigenvalue weighted by Gasteiger charge is 2.36. The Bertz CT molecular complexity index is 1210. The zero-order valence-electron chi connectivity index (χ0n) is 20.0. The van der Waals surface area contributed by atoms with Crippen LogP contribution in [0.4, 0.5) is 0 Å². The fourth-order valence-corrected chi connectivity index (χ4v) is 4.12. The number of quaternary nitrogens is 1. The van der Waals surface area contributed by atoms with Gasteiger partial charge in [-0.2, -0.15) is 0 Å². The third-order valence-electron chi connectivity index (χ3n) is 5.95. The van der Waals surface area contributed by atoms with Crippen LogP contribution in [-0.2, 0) is 19.1 Å². The van der Waals surface area contributed by atoms with Gasteiger partial charge in [0.1, 0.15) is 6.04 Å². The van der Waals surface area contributed by atoms with E-state index >= 15 is 0 Å². The van der Waals surface area contributed by atoms with Gasteiger partial charge in [-0.15, -0.1) is 0 Å². The Balaban J connectivity index is 1.21. The van der Waals surface area contributed by atoms with Crippen LogP contribution >= 0.6 is 23.2 Å². The fourth-order valence-electron chi connectivity index (χ4n) is 3.86. The van der Waals surface area contributed by atoms with Gasteiger partial charge in [0.05, 0.1) is 6.54 Å². The summed E-state index contributed by atoms with van der Waals surface area (Å²) in [5, 5.41) is 3.30. The molecule has 2 aliphatic heterocycles. The molecule has 0 fully saturated rings. The highest BCUT2D eigenvalue weighted by atomic mass is 35.5. The number of carbonyl (C=O) groups is 2. The molecule has 2 aliphatic rings. The second-order valence-corrected chi connectivity index (χ2v) is 9.56. The van der Waals surface area contributed by atoms with Gasteiger partial charge < -0.3 is 14.8 Å². The molecule has 1 unspecified atom stereocenters. The van der Waals surface area contributed by atoms with Crippen LogP contribution in [-0.4, -0.2) is 60.7 Å². The van der Waals surface area contributed by atoms with Crippen molar-refractivity contribution >= 4 is 52.6 Å². The highest BCUT2D eigenvalue weighted by Crippen LogP contribution is 2.18. The topological polar surface area (TPSA) is 106 Å². The molecule has 0 aromatic heterocycles. The molecule has 0 saturated heterocycles. The third kappa shape index (κ3) is 6.37. The van der Waals surface area contributed by atoms with Crippen LogP contribution in [0.25, 0.3) is 0 Å². The zero-order chi connectivity index (χ0) is 25.7. The van der Waals surface area contributed by atoms with Crippen LogP contribution in [0.2, 0.25) is 10.0 Å². The molecule has 36 heavy (non-hydrogen) atoms. The average molecular weight is 530 g/mol. The summed E-state index contributed by atoms with van der Waals surface area (Å²) in [6.45, 7) is 5.14. The molecular formula is C26H27Cl2N4O4+. The maximum Gasteiger partial charge on any atom is 0.343 e. The van der Waals surface area contributed by atoms with Crippen LogP contribution in [0.3, 0.4) is 0 Å². The Hall–Kier alpha value is -3.07. The highest BCUT2D eigenvalue weighted by molar-refractivity contribution is 6.31. The third-order valence-corrected chi connectivity index (χ3v) is 6.45. The minimum atomic E-state index is -0.719. The Kier molecular flexibility index (Phi) is 8.51. The number of aliphatic imine (C=N–C) groups is 3. The van der Waals surface area contributed by atoms with Gasteiger partial charge in [-0.3, -0.25) is 4.99 Å². The number of nitrogens with zero attached hydrogens (tertiary/aromatic N) is 3. The van der Waals surface area contributed by atoms with Crippen LogP contribution in [0.15, 0.2) is 63.5 Å². The summed E-state index contributed by atoms with van der Waals surface area (Å²) in [5.41, 5.74) is 2.05. The first kappa shape index (κ1) is 26.0. The van der Waals surface area contributed by atoms with Crippen molar-refractivity contribution in [2.24, 2.45) is 15.0 Å². The van der Waals surface area contributed by atoms with Gasteiger partial charge in [-0.1, -0.05) is 23.2 Å². The van der Waals surface area contributed by atoms with E-state index in [4.69, 9.17) is 32.7 Å². The number of unbranched alkanes of at least 4 members (excludes halogenated alkanes) is 1. The summed E-state index contributed by atoms with van der Waals surface area (Å²) < 4.78 is 10.7. The molecule has 4 rings (SSSR count). The number of hydrogen-bond acceptors (Lipinski definition) is 7. The fraction of sp³-hybridized carbons (Fsp3) is 0.346. The number of benzene rings is 2. The Morgan fingerprint density at radius 3 is 2.08 bits per heavy atom. The summed E-state index contributed by atoms with van der Waals surface area (Å²) in [5.74, 6) is -0.151. The first-order chi connectivity index (χ1) is 17.3. The number of cyclic esters (lactones) is 2. The first-order valence-corrected chi connectivity index (χ1v) is 12.5. The van der Waals surface area contributed by atoms with E-state index in [9.17, 15) is 9.59 Å². The summed E-state index contributed by atoms with van der Waals surface area (Å²) in [7, 11) is 0. The number of halogens is 2. The number of ether oxygens (including phenoxy) is 2. The van der Waals surface area contributed by atoms with E-state index in [1.165, 1.54) is 0 Å². The molecule has 8 nitrogen and oxygen atoms in total. The van der Waals surface area contributed by atoms with Crippen molar-refractivity contribution in [1.82, 2.24) is 0 Å². The maximum absolute atomic E-state index is 12.3. The predicted octanol–water partition coefficient (Wildman–Crippen LogP) is 3.23. The summed E-state index contributed by atoms with van der Waals surface area (Å²) in [6.07, 6.45) is 1.73. The maximum atomic E-state index is 12.3. The zero-order valence-corrected chi connectivity index (χ0v) is 21.5. The van der Waals surface area contributed by atoms with E-state index in [1.807, 2.05) is 6.92 Å². The number of rotatable bonds is 10. The lowest BCUT2D eigenvalue weighted by Crippen LogP contribution is -2.91. The lowest BCUT2D eigenvalue weighted by atomic mass is 10.1. The molecule has 188 valence electrons. The van der Waals surface area contributed by atoms with Crippen molar-refractivity contribution < 1.29 is 24.4 Å². The van der Waals surface area contributed by atoms with E-state index in [0.717, 1.165) is 24.9 Å². The molecule has 0 radical (unpaired) electrons. The SMILES string of the molecule is CC(=NCCCC[NH2+][C@H](C)[C@H]1N=C(c2ccc(Cl)cc2)OC1=O)C1N=C(c2ccc(Cl)cc2)OC1=O. The molecular weight excluding hydrogens is 503 g/mol. The summed E-state index contributed by atoms with van der Waals surface area (Å²) in [4.78, 5) is 37.9. The predicted molar refractivity (Wildman–Crippen MR) is 139 cm³/mol. The molecule has 2 heterocycles. The average Bonchev–Trinajstić information content (AvgIpc) is 3.44. The number of hydrogen-bond donors (Lipinski definition) is 1. The van der Waals surface area contributed by atoms with Gasteiger partial charge >= 0.3 is 11.9 Å². The normalized spacial score (nSPS) is 20.6. The number of nitrogens with two attached hydrogens (primary N) is 1. The van der Waals surface area contributed by atoms with Crippen molar-refractivity contribution in [3.05, 3.63) is 69.7 Å². The van der Waals surface area contributed by atoms with E-state index in [-0.39, 0.29) is 17.9 Å². The largest absolute Gasteiger partial charge is 0.405 e. The molecule has 2 aromatic rings. The van der Waals surface area contributed by atoms with Crippen molar-refractivity contribution in [3.63, 3.8) is 0 Å². The lowest BCUT2D eigenvalue weighted by Gasteiger charge is -2.12. The second-order valence-electron chi connectivity index (χ2n) is 8.69. The van der Waals surface area contributed by atoms with Crippen molar-refractivity contribution in [3.8, 4) is 0 Å². The molecule has 0 bridgehead atoms. The van der Waals surface area contributed by atoms with Gasteiger partial charge in [0.15, 0.2) is 6.04 Å². The van der Waals surface area contributed by atoms with Crippen LogP contribution in [0.1, 0.15) is 37.8 Å². The van der Waals surface area contributed by atoms with Gasteiger partial charge in [0.25, 0.3) is 0 Å². The quantitative estimate of drug-likeness (QED) is 0.289. The Morgan fingerprint density at radius 2 is 1.47 bits per heavy atom. The molecule has 2 N–H and O–H groups in total. The molecule has 2 aromatic carbocycles. The molecule has 0 amide bonds. The minimum Gasteiger partial charge on any atom is -0.405 e. The Labute approximate surface area is 219 Å². The number of esters is 2. The van der Waals surface area contributed by atoms with Crippen LogP contribution < -0.4 is 5.32 Å². The first-order valence-electron chi connectivity index (χ1n) is 11.8. The molecule has 10 heteroatoms. The van der Waals surface area contributed by atoms with E-state index in [2.05, 4.69) is 20.3 Å². The van der Waals surface area contributed by atoms with Crippen molar-refractivity contribution in [1.29, 1.82) is 0 Å². The van der Waals surface area contributed by atoms with Gasteiger partial charge in [0.2, 0.25) is 17.8 Å². The van der Waals surface area contributed by atoms with Gasteiger partial charge in [0, 0.05) is 33.4 Å².